The zero-order chi connectivity index (χ0) is 15.2. The maximum absolute atomic E-state index is 10.8. The van der Waals surface area contributed by atoms with Gasteiger partial charge in [-0.05, 0) is 23.3 Å². The largest absolute Gasteiger partial charge is 0.481 e. The van der Waals surface area contributed by atoms with E-state index in [4.69, 9.17) is 4.74 Å². The van der Waals surface area contributed by atoms with Crippen LogP contribution in [0.15, 0.2) is 41.0 Å². The van der Waals surface area contributed by atoms with Crippen molar-refractivity contribution in [3.05, 3.63) is 62.2 Å². The number of methoxy groups -OCH3 is 1. The van der Waals surface area contributed by atoms with E-state index in [1.165, 1.54) is 6.07 Å². The van der Waals surface area contributed by atoms with E-state index in [0.717, 1.165) is 11.1 Å². The molecule has 1 aromatic carbocycles. The number of nitrogens with zero attached hydrogens (tertiary/aromatic N) is 2. The molecule has 110 valence electrons. The normalized spacial score (nSPS) is 10.4. The Morgan fingerprint density at radius 3 is 2.76 bits per heavy atom. The van der Waals surface area contributed by atoms with Crippen molar-refractivity contribution in [1.82, 2.24) is 10.3 Å². The number of nitro benzene ring substituents is 1. The van der Waals surface area contributed by atoms with Gasteiger partial charge in [-0.1, -0.05) is 15.9 Å². The number of hydrogen-bond acceptors (Lipinski definition) is 5. The summed E-state index contributed by atoms with van der Waals surface area (Å²) in [6.45, 7) is 1.16. The van der Waals surface area contributed by atoms with Crippen molar-refractivity contribution in [1.29, 1.82) is 0 Å². The number of aromatic nitrogens is 1. The highest BCUT2D eigenvalue weighted by Gasteiger charge is 2.08. The van der Waals surface area contributed by atoms with Crippen LogP contribution in [0.3, 0.4) is 0 Å². The predicted molar refractivity (Wildman–Crippen MR) is 82.1 cm³/mol. The van der Waals surface area contributed by atoms with Crippen LogP contribution < -0.4 is 10.1 Å². The molecule has 7 heteroatoms. The number of pyridine rings is 1. The third kappa shape index (κ3) is 4.51. The first kappa shape index (κ1) is 15.4. The second kappa shape index (κ2) is 7.14. The van der Waals surface area contributed by atoms with Gasteiger partial charge < -0.3 is 10.1 Å². The van der Waals surface area contributed by atoms with Gasteiger partial charge in [0.1, 0.15) is 0 Å². The summed E-state index contributed by atoms with van der Waals surface area (Å²) in [6.07, 6.45) is 1.68. The van der Waals surface area contributed by atoms with Crippen molar-refractivity contribution in [2.24, 2.45) is 0 Å². The predicted octanol–water partition coefficient (Wildman–Crippen LogP) is 3.05. The fourth-order valence-electron chi connectivity index (χ4n) is 1.86. The van der Waals surface area contributed by atoms with E-state index in [2.05, 4.69) is 26.2 Å². The molecule has 0 spiro atoms. The lowest BCUT2D eigenvalue weighted by atomic mass is 10.2. The molecule has 0 atom stereocenters. The number of nitro groups is 1. The van der Waals surface area contributed by atoms with Crippen molar-refractivity contribution in [3.8, 4) is 5.88 Å². The molecule has 0 aliphatic rings. The smallest absolute Gasteiger partial charge is 0.270 e. The number of non-ortho nitro benzene ring substituents is 1. The van der Waals surface area contributed by atoms with Crippen LogP contribution in [-0.2, 0) is 13.1 Å². The Morgan fingerprint density at radius 2 is 2.05 bits per heavy atom. The Kier molecular flexibility index (Phi) is 5.24. The quantitative estimate of drug-likeness (QED) is 0.639. The number of hydrogen-bond donors (Lipinski definition) is 1. The van der Waals surface area contributed by atoms with Gasteiger partial charge in [-0.15, -0.1) is 0 Å². The summed E-state index contributed by atoms with van der Waals surface area (Å²) in [5.41, 5.74) is 1.95. The van der Waals surface area contributed by atoms with Crippen molar-refractivity contribution in [2.75, 3.05) is 7.11 Å². The fraction of sp³-hybridized carbons (Fsp3) is 0.214. The summed E-state index contributed by atoms with van der Waals surface area (Å²) in [4.78, 5) is 14.4. The van der Waals surface area contributed by atoms with Gasteiger partial charge in [-0.2, -0.15) is 0 Å². The average molecular weight is 352 g/mol. The Labute approximate surface area is 130 Å². The van der Waals surface area contributed by atoms with Crippen molar-refractivity contribution < 1.29 is 9.66 Å². The first-order valence-corrected chi connectivity index (χ1v) is 7.01. The van der Waals surface area contributed by atoms with Crippen LogP contribution in [0.4, 0.5) is 5.69 Å². The Hall–Kier alpha value is -1.99. The van der Waals surface area contributed by atoms with Crippen LogP contribution >= 0.6 is 15.9 Å². The van der Waals surface area contributed by atoms with Gasteiger partial charge in [-0.3, -0.25) is 10.1 Å². The third-order valence-electron chi connectivity index (χ3n) is 2.82. The maximum Gasteiger partial charge on any atom is 0.270 e. The van der Waals surface area contributed by atoms with E-state index in [9.17, 15) is 10.1 Å². The molecule has 21 heavy (non-hydrogen) atoms. The third-order valence-corrected chi connectivity index (χ3v) is 3.28. The van der Waals surface area contributed by atoms with Crippen LogP contribution in [0.1, 0.15) is 11.1 Å². The minimum atomic E-state index is -0.401. The topological polar surface area (TPSA) is 77.3 Å². The van der Waals surface area contributed by atoms with E-state index in [1.54, 1.807) is 19.4 Å². The molecule has 1 heterocycles. The molecule has 2 rings (SSSR count). The summed E-state index contributed by atoms with van der Waals surface area (Å²) in [6, 6.07) is 8.63. The molecule has 1 N–H and O–H groups in total. The van der Waals surface area contributed by atoms with E-state index in [-0.39, 0.29) is 5.69 Å². The molecule has 0 saturated heterocycles. The van der Waals surface area contributed by atoms with Crippen molar-refractivity contribution in [2.45, 2.75) is 13.1 Å². The van der Waals surface area contributed by atoms with Gasteiger partial charge >= 0.3 is 0 Å². The van der Waals surface area contributed by atoms with Gasteiger partial charge in [0.2, 0.25) is 5.88 Å². The first-order valence-electron chi connectivity index (χ1n) is 6.22. The minimum absolute atomic E-state index is 0.0757. The van der Waals surface area contributed by atoms with E-state index in [0.29, 0.717) is 23.4 Å². The lowest BCUT2D eigenvalue weighted by Gasteiger charge is -2.07. The monoisotopic (exact) mass is 351 g/mol. The lowest BCUT2D eigenvalue weighted by Crippen LogP contribution is -2.13. The molecule has 0 bridgehead atoms. The SMILES string of the molecule is COc1cc(CNCc2cc(Br)cc([N+](=O)[O-])c2)ccn1. The van der Waals surface area contributed by atoms with Crippen LogP contribution in [0.5, 0.6) is 5.88 Å². The maximum atomic E-state index is 10.8. The lowest BCUT2D eigenvalue weighted by molar-refractivity contribution is -0.385. The van der Waals surface area contributed by atoms with E-state index < -0.39 is 4.92 Å². The summed E-state index contributed by atoms with van der Waals surface area (Å²) < 4.78 is 5.75. The van der Waals surface area contributed by atoms with Gasteiger partial charge in [0.05, 0.1) is 12.0 Å². The second-order valence-corrected chi connectivity index (χ2v) is 5.30. The number of rotatable bonds is 6. The molecule has 1 aromatic heterocycles. The van der Waals surface area contributed by atoms with Crippen molar-refractivity contribution in [3.63, 3.8) is 0 Å². The van der Waals surface area contributed by atoms with Crippen LogP contribution in [0, 0.1) is 10.1 Å². The number of halogens is 1. The molecule has 0 unspecified atom stereocenters. The summed E-state index contributed by atoms with van der Waals surface area (Å²) >= 11 is 3.28. The Balaban J connectivity index is 1.98. The number of nitrogens with one attached hydrogen (secondary N) is 1. The zero-order valence-corrected chi connectivity index (χ0v) is 13.0. The molecule has 2 aromatic rings. The molecule has 6 nitrogen and oxygen atoms in total. The summed E-state index contributed by atoms with van der Waals surface area (Å²) in [5.74, 6) is 0.562. The van der Waals surface area contributed by atoms with Gasteiger partial charge in [0.15, 0.2) is 0 Å². The van der Waals surface area contributed by atoms with Crippen LogP contribution in [-0.4, -0.2) is 17.0 Å². The average Bonchev–Trinajstić information content (AvgIpc) is 2.47. The highest BCUT2D eigenvalue weighted by Crippen LogP contribution is 2.21. The van der Waals surface area contributed by atoms with E-state index >= 15 is 0 Å². The second-order valence-electron chi connectivity index (χ2n) is 4.38. The Bertz CT molecular complexity index is 649. The van der Waals surface area contributed by atoms with Crippen LogP contribution in [0.2, 0.25) is 0 Å². The first-order chi connectivity index (χ1) is 10.1. The number of ether oxygens (including phenoxy) is 1. The molecular formula is C14H14BrN3O3. The standard InChI is InChI=1S/C14H14BrN3O3/c1-21-14-6-10(2-3-17-14)8-16-9-11-4-12(15)7-13(5-11)18(19)20/h2-7,16H,8-9H2,1H3. The van der Waals surface area contributed by atoms with E-state index in [1.807, 2.05) is 18.2 Å². The van der Waals surface area contributed by atoms with Crippen molar-refractivity contribution >= 4 is 21.6 Å². The fourth-order valence-corrected chi connectivity index (χ4v) is 2.39. The zero-order valence-electron chi connectivity index (χ0n) is 11.4. The van der Waals surface area contributed by atoms with Gasteiger partial charge in [-0.25, -0.2) is 4.98 Å². The number of benzene rings is 1. The molecule has 0 radical (unpaired) electrons. The van der Waals surface area contributed by atoms with Gasteiger partial charge in [0.25, 0.3) is 5.69 Å². The minimum Gasteiger partial charge on any atom is -0.481 e. The molecule has 0 saturated carbocycles. The molecule has 0 aliphatic heterocycles. The molecule has 0 fully saturated rings. The molecular weight excluding hydrogens is 338 g/mol. The highest BCUT2D eigenvalue weighted by molar-refractivity contribution is 9.10. The Morgan fingerprint density at radius 1 is 1.29 bits per heavy atom. The van der Waals surface area contributed by atoms with Crippen LogP contribution in [0.25, 0.3) is 0 Å². The molecule has 0 amide bonds. The summed E-state index contributed by atoms with van der Waals surface area (Å²) in [5, 5.41) is 14.1. The summed E-state index contributed by atoms with van der Waals surface area (Å²) in [7, 11) is 1.57. The van der Waals surface area contributed by atoms with Gasteiger partial charge in [0, 0.05) is 42.0 Å². The molecule has 0 aliphatic carbocycles. The highest BCUT2D eigenvalue weighted by atomic mass is 79.9.